The summed E-state index contributed by atoms with van der Waals surface area (Å²) in [6.45, 7) is 3.68. The van der Waals surface area contributed by atoms with Gasteiger partial charge >= 0.3 is 5.97 Å². The largest absolute Gasteiger partial charge is 0.481 e. The maximum Gasteiger partial charge on any atom is 0.303 e. The predicted molar refractivity (Wildman–Crippen MR) is 68.8 cm³/mol. The van der Waals surface area contributed by atoms with E-state index in [-0.39, 0.29) is 6.42 Å². The van der Waals surface area contributed by atoms with Gasteiger partial charge in [0.05, 0.1) is 5.60 Å². The second-order valence-corrected chi connectivity index (χ2v) is 4.64. The first-order valence-corrected chi connectivity index (χ1v) is 6.33. The molecule has 4 heteroatoms. The highest BCUT2D eigenvalue weighted by Gasteiger charge is 2.12. The van der Waals surface area contributed by atoms with Crippen LogP contribution in [-0.2, 0) is 4.79 Å². The molecule has 0 aliphatic rings. The molecule has 0 aromatic heterocycles. The molecule has 0 spiro atoms. The molecule has 3 nitrogen and oxygen atoms in total. The predicted octanol–water partition coefficient (Wildman–Crippen LogP) is 2.89. The monoisotopic (exact) mass is 290 g/mol. The number of halogens is 1. The Morgan fingerprint density at radius 1 is 1.50 bits per heavy atom. The van der Waals surface area contributed by atoms with E-state index in [9.17, 15) is 9.90 Å². The maximum atomic E-state index is 10.3. The van der Waals surface area contributed by atoms with Gasteiger partial charge in [0.25, 0.3) is 0 Å². The van der Waals surface area contributed by atoms with Crippen LogP contribution in [0, 0.1) is 0 Å². The van der Waals surface area contributed by atoms with Crippen molar-refractivity contribution in [2.75, 3.05) is 5.33 Å². The van der Waals surface area contributed by atoms with Crippen LogP contribution < -0.4 is 0 Å². The van der Waals surface area contributed by atoms with Crippen molar-refractivity contribution in [2.24, 2.45) is 0 Å². The highest BCUT2D eigenvalue weighted by atomic mass is 79.9. The molecule has 92 valence electrons. The summed E-state index contributed by atoms with van der Waals surface area (Å²) in [6, 6.07) is 0. The zero-order valence-corrected chi connectivity index (χ0v) is 11.3. The summed E-state index contributed by atoms with van der Waals surface area (Å²) >= 11 is 3.21. The number of allylic oxidation sites excluding steroid dienone is 3. The van der Waals surface area contributed by atoms with Crippen molar-refractivity contribution < 1.29 is 15.0 Å². The molecule has 0 aliphatic heterocycles. The van der Waals surface area contributed by atoms with Gasteiger partial charge in [0.15, 0.2) is 0 Å². The Morgan fingerprint density at radius 3 is 2.62 bits per heavy atom. The lowest BCUT2D eigenvalue weighted by atomic mass is 10.1. The zero-order valence-electron chi connectivity index (χ0n) is 9.74. The van der Waals surface area contributed by atoms with Gasteiger partial charge in [-0.1, -0.05) is 39.7 Å². The van der Waals surface area contributed by atoms with E-state index in [1.807, 2.05) is 19.1 Å². The fourth-order valence-electron chi connectivity index (χ4n) is 1.07. The molecule has 2 N–H and O–H groups in total. The number of hydrogen-bond acceptors (Lipinski definition) is 2. The molecule has 0 saturated carbocycles. The third kappa shape index (κ3) is 8.68. The quantitative estimate of drug-likeness (QED) is 0.560. The van der Waals surface area contributed by atoms with Crippen LogP contribution in [0.25, 0.3) is 0 Å². The Kier molecular flexibility index (Phi) is 7.34. The Hall–Kier alpha value is -0.610. The van der Waals surface area contributed by atoms with E-state index in [4.69, 9.17) is 5.11 Å². The number of rotatable bonds is 7. The van der Waals surface area contributed by atoms with Crippen molar-refractivity contribution in [3.8, 4) is 0 Å². The fraction of sp³-hybridized carbons (Fsp3) is 0.583. The molecule has 0 fully saturated rings. The molecule has 16 heavy (non-hydrogen) atoms. The van der Waals surface area contributed by atoms with Gasteiger partial charge in [-0.2, -0.15) is 0 Å². The normalized spacial score (nSPS) is 16.4. The van der Waals surface area contributed by atoms with Gasteiger partial charge in [-0.25, -0.2) is 0 Å². The van der Waals surface area contributed by atoms with Gasteiger partial charge in [0.2, 0.25) is 0 Å². The van der Waals surface area contributed by atoms with Crippen molar-refractivity contribution >= 4 is 21.9 Å². The van der Waals surface area contributed by atoms with E-state index in [1.165, 1.54) is 0 Å². The number of alkyl halides is 1. The van der Waals surface area contributed by atoms with Crippen LogP contribution in [0.3, 0.4) is 0 Å². The van der Waals surface area contributed by atoms with Crippen LogP contribution in [0.1, 0.15) is 33.1 Å². The molecule has 0 saturated heterocycles. The van der Waals surface area contributed by atoms with Crippen LogP contribution in [0.2, 0.25) is 0 Å². The smallest absolute Gasteiger partial charge is 0.303 e. The van der Waals surface area contributed by atoms with Gasteiger partial charge < -0.3 is 10.2 Å². The van der Waals surface area contributed by atoms with Crippen LogP contribution in [-0.4, -0.2) is 27.1 Å². The van der Waals surface area contributed by atoms with Gasteiger partial charge in [0.1, 0.15) is 0 Å². The minimum absolute atomic E-state index is 0.167. The van der Waals surface area contributed by atoms with E-state index < -0.39 is 11.6 Å². The Balaban J connectivity index is 3.97. The number of carboxylic acid groups (broad SMARTS) is 1. The average molecular weight is 291 g/mol. The second-order valence-electron chi connectivity index (χ2n) is 4.08. The van der Waals surface area contributed by atoms with Crippen LogP contribution in [0.15, 0.2) is 23.8 Å². The van der Waals surface area contributed by atoms with Crippen molar-refractivity contribution in [2.45, 2.75) is 38.7 Å². The summed E-state index contributed by atoms with van der Waals surface area (Å²) in [5.74, 6) is -0.776. The van der Waals surface area contributed by atoms with E-state index in [0.29, 0.717) is 11.8 Å². The minimum Gasteiger partial charge on any atom is -0.481 e. The maximum absolute atomic E-state index is 10.3. The topological polar surface area (TPSA) is 57.5 Å². The standard InChI is InChI=1S/C12H19BrO3/c1-10(5-3-7-11(14)15)6-4-8-12(2,16)9-13/h4-5,8,16H,3,6-7,9H2,1-2H3,(H,14,15). The third-order valence-corrected chi connectivity index (χ3v) is 3.17. The molecule has 0 amide bonds. The summed E-state index contributed by atoms with van der Waals surface area (Å²) in [5, 5.41) is 18.6. The molecule has 1 unspecified atom stereocenters. The molecule has 0 aromatic carbocycles. The lowest BCUT2D eigenvalue weighted by molar-refractivity contribution is -0.136. The molecule has 0 aromatic rings. The molecule has 0 bridgehead atoms. The molecule has 1 atom stereocenters. The minimum atomic E-state index is -0.818. The fourth-order valence-corrected chi connectivity index (χ4v) is 1.26. The van der Waals surface area contributed by atoms with E-state index in [2.05, 4.69) is 15.9 Å². The SMILES string of the molecule is CC(=CCCC(=O)O)CC=CC(C)(O)CBr. The van der Waals surface area contributed by atoms with Crippen molar-refractivity contribution in [3.63, 3.8) is 0 Å². The van der Waals surface area contributed by atoms with Crippen LogP contribution in [0.5, 0.6) is 0 Å². The summed E-state index contributed by atoms with van der Waals surface area (Å²) in [4.78, 5) is 10.3. The highest BCUT2D eigenvalue weighted by molar-refractivity contribution is 9.09. The van der Waals surface area contributed by atoms with Gasteiger partial charge in [-0.15, -0.1) is 0 Å². The molecular weight excluding hydrogens is 272 g/mol. The summed E-state index contributed by atoms with van der Waals surface area (Å²) < 4.78 is 0. The van der Waals surface area contributed by atoms with Crippen molar-refractivity contribution in [1.29, 1.82) is 0 Å². The van der Waals surface area contributed by atoms with Crippen LogP contribution in [0.4, 0.5) is 0 Å². The molecule has 0 rings (SSSR count). The lowest BCUT2D eigenvalue weighted by Crippen LogP contribution is -2.22. The van der Waals surface area contributed by atoms with E-state index >= 15 is 0 Å². The Bertz CT molecular complexity index is 280. The first-order valence-electron chi connectivity index (χ1n) is 5.21. The molecule has 0 radical (unpaired) electrons. The molecule has 0 heterocycles. The second kappa shape index (κ2) is 7.63. The average Bonchev–Trinajstić information content (AvgIpc) is 2.17. The first-order chi connectivity index (χ1) is 7.37. The molecule has 0 aliphatic carbocycles. The lowest BCUT2D eigenvalue weighted by Gasteiger charge is -2.14. The van der Waals surface area contributed by atoms with Gasteiger partial charge in [-0.05, 0) is 26.7 Å². The summed E-state index contributed by atoms with van der Waals surface area (Å²) in [7, 11) is 0. The van der Waals surface area contributed by atoms with Crippen LogP contribution >= 0.6 is 15.9 Å². The van der Waals surface area contributed by atoms with Gasteiger partial charge in [-0.3, -0.25) is 4.79 Å². The number of hydrogen-bond donors (Lipinski definition) is 2. The Morgan fingerprint density at radius 2 is 2.12 bits per heavy atom. The third-order valence-electron chi connectivity index (χ3n) is 2.04. The zero-order chi connectivity index (χ0) is 12.6. The van der Waals surface area contributed by atoms with E-state index in [1.54, 1.807) is 13.0 Å². The Labute approximate surface area is 105 Å². The highest BCUT2D eigenvalue weighted by Crippen LogP contribution is 2.11. The summed E-state index contributed by atoms with van der Waals surface area (Å²) in [6.07, 6.45) is 7.03. The summed E-state index contributed by atoms with van der Waals surface area (Å²) in [5.41, 5.74) is 0.296. The van der Waals surface area contributed by atoms with E-state index in [0.717, 1.165) is 12.0 Å². The van der Waals surface area contributed by atoms with Gasteiger partial charge in [0, 0.05) is 11.8 Å². The number of aliphatic carboxylic acids is 1. The van der Waals surface area contributed by atoms with Crippen molar-refractivity contribution in [3.05, 3.63) is 23.8 Å². The van der Waals surface area contributed by atoms with Crippen molar-refractivity contribution in [1.82, 2.24) is 0 Å². The number of carbonyl (C=O) groups is 1. The molecular formula is C12H19BrO3. The first kappa shape index (κ1) is 15.4. The number of carboxylic acids is 1. The number of aliphatic hydroxyl groups is 1.